The number of anilines is 2. The van der Waals surface area contributed by atoms with E-state index in [0.29, 0.717) is 11.4 Å². The lowest BCUT2D eigenvalue weighted by molar-refractivity contribution is -0.157. The van der Waals surface area contributed by atoms with Gasteiger partial charge >= 0.3 is 5.97 Å². The highest BCUT2D eigenvalue weighted by Crippen LogP contribution is 2.14. The Hall–Kier alpha value is -2.82. The molecule has 0 saturated heterocycles. The zero-order valence-corrected chi connectivity index (χ0v) is 14.1. The summed E-state index contributed by atoms with van der Waals surface area (Å²) in [6.45, 7) is 5.29. The van der Waals surface area contributed by atoms with E-state index in [9.17, 15) is 9.59 Å². The van der Waals surface area contributed by atoms with Gasteiger partial charge in [-0.05, 0) is 45.0 Å². The lowest BCUT2D eigenvalue weighted by Crippen LogP contribution is -2.44. The van der Waals surface area contributed by atoms with Crippen molar-refractivity contribution in [1.29, 1.82) is 0 Å². The van der Waals surface area contributed by atoms with Gasteiger partial charge in [-0.15, -0.1) is 0 Å². The number of rotatable bonds is 5. The number of carbonyl (C=O) groups is 2. The van der Waals surface area contributed by atoms with Crippen molar-refractivity contribution in [3.63, 3.8) is 0 Å². The molecule has 0 aliphatic carbocycles. The number of amides is 1. The zero-order valence-electron chi connectivity index (χ0n) is 14.1. The second-order valence-corrected chi connectivity index (χ2v) is 6.33. The lowest BCUT2D eigenvalue weighted by atomic mass is 10.1. The molecule has 1 atom stereocenters. The smallest absolute Gasteiger partial charge is 0.339 e. The monoisotopic (exact) mass is 326 g/mol. The van der Waals surface area contributed by atoms with Crippen molar-refractivity contribution in [2.45, 2.75) is 32.4 Å². The average molecular weight is 326 g/mol. The van der Waals surface area contributed by atoms with Gasteiger partial charge in [-0.1, -0.05) is 36.4 Å². The lowest BCUT2D eigenvalue weighted by Gasteiger charge is -2.24. The maximum absolute atomic E-state index is 12.6. The van der Waals surface area contributed by atoms with Gasteiger partial charge in [0.1, 0.15) is 5.60 Å². The molecule has 0 spiro atoms. The van der Waals surface area contributed by atoms with Crippen LogP contribution in [0.1, 0.15) is 20.8 Å². The number of carbonyl (C=O) groups excluding carboxylic acids is 2. The van der Waals surface area contributed by atoms with Crippen molar-refractivity contribution < 1.29 is 14.3 Å². The topological polar surface area (TPSA) is 67.4 Å². The van der Waals surface area contributed by atoms with E-state index in [1.165, 1.54) is 0 Å². The highest BCUT2D eigenvalue weighted by molar-refractivity contribution is 6.10. The van der Waals surface area contributed by atoms with Gasteiger partial charge in [-0.2, -0.15) is 0 Å². The molecule has 126 valence electrons. The average Bonchev–Trinajstić information content (AvgIpc) is 2.52. The maximum Gasteiger partial charge on any atom is 0.339 e. The van der Waals surface area contributed by atoms with E-state index < -0.39 is 23.5 Å². The second kappa shape index (κ2) is 7.64. The van der Waals surface area contributed by atoms with Crippen LogP contribution in [0.2, 0.25) is 0 Å². The van der Waals surface area contributed by atoms with Crippen molar-refractivity contribution >= 4 is 23.3 Å². The van der Waals surface area contributed by atoms with Crippen LogP contribution in [0.4, 0.5) is 11.4 Å². The number of hydrogen-bond acceptors (Lipinski definition) is 4. The van der Waals surface area contributed by atoms with Crippen LogP contribution >= 0.6 is 0 Å². The Bertz CT molecular complexity index is 679. The molecule has 2 aromatic carbocycles. The normalized spacial score (nSPS) is 12.1. The van der Waals surface area contributed by atoms with Gasteiger partial charge in [-0.25, -0.2) is 4.79 Å². The van der Waals surface area contributed by atoms with Gasteiger partial charge in [-0.3, -0.25) is 4.79 Å². The van der Waals surface area contributed by atoms with Gasteiger partial charge in [0.2, 0.25) is 6.04 Å². The molecule has 0 saturated carbocycles. The molecular weight excluding hydrogens is 304 g/mol. The van der Waals surface area contributed by atoms with E-state index >= 15 is 0 Å². The Kier molecular flexibility index (Phi) is 5.58. The molecular formula is C19H22N2O3. The van der Waals surface area contributed by atoms with E-state index in [2.05, 4.69) is 10.6 Å². The summed E-state index contributed by atoms with van der Waals surface area (Å²) in [5.41, 5.74) is 0.600. The Morgan fingerprint density at radius 2 is 1.38 bits per heavy atom. The van der Waals surface area contributed by atoms with Gasteiger partial charge in [0.05, 0.1) is 0 Å². The molecule has 2 N–H and O–H groups in total. The maximum atomic E-state index is 12.6. The third-order valence-electron chi connectivity index (χ3n) is 3.03. The van der Waals surface area contributed by atoms with Crippen molar-refractivity contribution in [3.05, 3.63) is 60.7 Å². The van der Waals surface area contributed by atoms with Crippen molar-refractivity contribution in [1.82, 2.24) is 0 Å². The quantitative estimate of drug-likeness (QED) is 0.652. The van der Waals surface area contributed by atoms with Crippen molar-refractivity contribution in [2.75, 3.05) is 10.6 Å². The predicted octanol–water partition coefficient (Wildman–Crippen LogP) is 3.45. The standard InChI is InChI=1S/C19H22N2O3/c1-19(2,3)24-18(23)16(20-14-10-6-4-7-11-14)17(22)21-15-12-8-5-9-13-15/h4-13,16,20H,1-3H3,(H,21,22). The van der Waals surface area contributed by atoms with E-state index in [0.717, 1.165) is 0 Å². The number of esters is 1. The molecule has 0 aromatic heterocycles. The Morgan fingerprint density at radius 3 is 1.88 bits per heavy atom. The molecule has 5 nitrogen and oxygen atoms in total. The van der Waals surface area contributed by atoms with E-state index in [4.69, 9.17) is 4.74 Å². The number of ether oxygens (including phenoxy) is 1. The predicted molar refractivity (Wildman–Crippen MR) is 94.8 cm³/mol. The number of benzene rings is 2. The third kappa shape index (κ3) is 5.43. The van der Waals surface area contributed by atoms with E-state index in [1.54, 1.807) is 45.0 Å². The van der Waals surface area contributed by atoms with Crippen molar-refractivity contribution in [2.24, 2.45) is 0 Å². The first-order valence-electron chi connectivity index (χ1n) is 7.75. The second-order valence-electron chi connectivity index (χ2n) is 6.33. The van der Waals surface area contributed by atoms with E-state index in [-0.39, 0.29) is 0 Å². The molecule has 0 heterocycles. The first-order chi connectivity index (χ1) is 11.3. The van der Waals surface area contributed by atoms with Crippen LogP contribution in [0.15, 0.2) is 60.7 Å². The fourth-order valence-corrected chi connectivity index (χ4v) is 2.03. The van der Waals surface area contributed by atoms with Crippen LogP contribution < -0.4 is 10.6 Å². The number of para-hydroxylation sites is 2. The van der Waals surface area contributed by atoms with Crippen LogP contribution in [-0.2, 0) is 14.3 Å². The molecule has 2 aromatic rings. The Morgan fingerprint density at radius 1 is 0.875 bits per heavy atom. The van der Waals surface area contributed by atoms with Crippen LogP contribution in [0.25, 0.3) is 0 Å². The molecule has 5 heteroatoms. The third-order valence-corrected chi connectivity index (χ3v) is 3.03. The fourth-order valence-electron chi connectivity index (χ4n) is 2.03. The molecule has 24 heavy (non-hydrogen) atoms. The fraction of sp³-hybridized carbons (Fsp3) is 0.263. The summed E-state index contributed by atoms with van der Waals surface area (Å²) < 4.78 is 5.37. The summed E-state index contributed by atoms with van der Waals surface area (Å²) in [5.74, 6) is -1.10. The molecule has 0 fully saturated rings. The minimum Gasteiger partial charge on any atom is -0.458 e. The molecule has 0 aliphatic heterocycles. The summed E-state index contributed by atoms with van der Waals surface area (Å²) in [5, 5.41) is 5.66. The number of hydrogen-bond donors (Lipinski definition) is 2. The van der Waals surface area contributed by atoms with Gasteiger partial charge in [0.25, 0.3) is 5.91 Å². The highest BCUT2D eigenvalue weighted by Gasteiger charge is 2.31. The SMILES string of the molecule is CC(C)(C)OC(=O)C(Nc1ccccc1)C(=O)Nc1ccccc1. The Labute approximate surface area is 142 Å². The van der Waals surface area contributed by atoms with Gasteiger partial charge in [0.15, 0.2) is 0 Å². The molecule has 0 radical (unpaired) electrons. The van der Waals surface area contributed by atoms with Crippen molar-refractivity contribution in [3.8, 4) is 0 Å². The summed E-state index contributed by atoms with van der Waals surface area (Å²) >= 11 is 0. The zero-order chi connectivity index (χ0) is 17.6. The summed E-state index contributed by atoms with van der Waals surface area (Å²) in [6.07, 6.45) is 0. The molecule has 0 bridgehead atoms. The van der Waals surface area contributed by atoms with Crippen LogP contribution in [0.3, 0.4) is 0 Å². The minimum absolute atomic E-state index is 0.473. The molecule has 1 amide bonds. The first-order valence-corrected chi connectivity index (χ1v) is 7.75. The molecule has 0 aliphatic rings. The van der Waals surface area contributed by atoms with Crippen LogP contribution in [0, 0.1) is 0 Å². The molecule has 1 unspecified atom stereocenters. The van der Waals surface area contributed by atoms with Gasteiger partial charge < -0.3 is 15.4 Å². The summed E-state index contributed by atoms with van der Waals surface area (Å²) in [6, 6.07) is 16.9. The summed E-state index contributed by atoms with van der Waals surface area (Å²) in [7, 11) is 0. The van der Waals surface area contributed by atoms with Crippen LogP contribution in [0.5, 0.6) is 0 Å². The van der Waals surface area contributed by atoms with E-state index in [1.807, 2.05) is 36.4 Å². The number of nitrogens with one attached hydrogen (secondary N) is 2. The Balaban J connectivity index is 2.18. The van der Waals surface area contributed by atoms with Crippen LogP contribution in [-0.4, -0.2) is 23.5 Å². The highest BCUT2D eigenvalue weighted by atomic mass is 16.6. The summed E-state index contributed by atoms with van der Waals surface area (Å²) in [4.78, 5) is 25.0. The molecule has 2 rings (SSSR count). The minimum atomic E-state index is -1.15. The first kappa shape index (κ1) is 17.5. The van der Waals surface area contributed by atoms with Gasteiger partial charge in [0, 0.05) is 11.4 Å². The largest absolute Gasteiger partial charge is 0.458 e.